The van der Waals surface area contributed by atoms with Crippen LogP contribution in [0.5, 0.6) is 0 Å². The van der Waals surface area contributed by atoms with Gasteiger partial charge in [-0.15, -0.1) is 11.8 Å². The normalized spacial score (nSPS) is 13.1. The van der Waals surface area contributed by atoms with Gasteiger partial charge in [0.25, 0.3) is 5.91 Å². The molecule has 74 heavy (non-hydrogen) atoms. The van der Waals surface area contributed by atoms with Crippen LogP contribution in [-0.2, 0) is 30.3 Å². The van der Waals surface area contributed by atoms with Crippen LogP contribution >= 0.6 is 35.0 Å². The van der Waals surface area contributed by atoms with E-state index in [0.717, 1.165) is 84.8 Å². The molecule has 15 nitrogen and oxygen atoms in total. The summed E-state index contributed by atoms with van der Waals surface area (Å²) in [5, 5.41) is 20.8. The molecule has 0 spiro atoms. The van der Waals surface area contributed by atoms with E-state index in [1.807, 2.05) is 48.5 Å². The van der Waals surface area contributed by atoms with E-state index in [-0.39, 0.29) is 23.6 Å². The Balaban J connectivity index is 0.696. The number of para-hydroxylation sites is 1. The maximum atomic E-state index is 12.9. The molecule has 3 N–H and O–H groups in total. The van der Waals surface area contributed by atoms with Gasteiger partial charge in [0.05, 0.1) is 93.9 Å². The third-order valence-corrected chi connectivity index (χ3v) is 13.8. The molecule has 1 fully saturated rings. The van der Waals surface area contributed by atoms with Crippen molar-refractivity contribution in [3.63, 3.8) is 0 Å². The Morgan fingerprint density at radius 1 is 0.730 bits per heavy atom. The van der Waals surface area contributed by atoms with E-state index in [2.05, 4.69) is 80.2 Å². The lowest BCUT2D eigenvalue weighted by molar-refractivity contribution is -0.113. The first-order valence-corrected chi connectivity index (χ1v) is 26.7. The number of nitriles is 1. The highest BCUT2D eigenvalue weighted by Gasteiger charge is 2.27. The monoisotopic (exact) mass is 1060 g/mol. The number of aromatic nitrogens is 2. The summed E-state index contributed by atoms with van der Waals surface area (Å²) >= 11 is 13.8. The van der Waals surface area contributed by atoms with Crippen molar-refractivity contribution in [2.45, 2.75) is 23.9 Å². The smallest absolute Gasteiger partial charge is 0.252 e. The van der Waals surface area contributed by atoms with Crippen LogP contribution in [0, 0.1) is 11.3 Å². The van der Waals surface area contributed by atoms with Crippen molar-refractivity contribution in [1.29, 1.82) is 5.26 Å². The van der Waals surface area contributed by atoms with Crippen molar-refractivity contribution in [2.24, 2.45) is 0 Å². The average Bonchev–Trinajstić information content (AvgIpc) is 3.42. The Kier molecular flexibility index (Phi) is 23.2. The van der Waals surface area contributed by atoms with Gasteiger partial charge in [-0.05, 0) is 97.9 Å². The van der Waals surface area contributed by atoms with Gasteiger partial charge in [-0.2, -0.15) is 5.26 Å². The molecule has 0 atom stereocenters. The number of nitrogens with one attached hydrogen (secondary N) is 3. The first kappa shape index (κ1) is 56.1. The van der Waals surface area contributed by atoms with Gasteiger partial charge in [0.1, 0.15) is 11.6 Å². The molecule has 18 heteroatoms. The lowest BCUT2D eigenvalue weighted by Crippen LogP contribution is -2.47. The quantitative estimate of drug-likeness (QED) is 0.0290. The zero-order valence-electron chi connectivity index (χ0n) is 41.9. The second-order valence-corrected chi connectivity index (χ2v) is 19.5. The number of fused-ring (bicyclic) bond motifs is 1. The Hall–Kier alpha value is -5.68. The first-order valence-electron chi connectivity index (χ1n) is 25.0. The number of likely N-dealkylation sites (N-methyl/N-ethyl adjacent to an activating group) is 1. The summed E-state index contributed by atoms with van der Waals surface area (Å²) in [6.07, 6.45) is 0.946. The second kappa shape index (κ2) is 30.6. The van der Waals surface area contributed by atoms with Crippen LogP contribution in [-0.4, -0.2) is 154 Å². The predicted octanol–water partition coefficient (Wildman–Crippen LogP) is 8.68. The lowest BCUT2D eigenvalue weighted by Gasteiger charge is -2.39. The summed E-state index contributed by atoms with van der Waals surface area (Å²) in [7, 11) is 2.11. The van der Waals surface area contributed by atoms with Gasteiger partial charge in [0, 0.05) is 71.8 Å². The number of thioether (sulfide) groups is 1. The number of carbonyl (C=O) groups excluding carboxylic acids is 2. The van der Waals surface area contributed by atoms with Crippen LogP contribution in [0.25, 0.3) is 10.9 Å². The maximum Gasteiger partial charge on any atom is 0.252 e. The lowest BCUT2D eigenvalue weighted by atomic mass is 9.96. The molecule has 1 aromatic heterocycles. The molecular formula is C56H65Cl2N9O6S. The van der Waals surface area contributed by atoms with Crippen LogP contribution in [0.3, 0.4) is 0 Å². The van der Waals surface area contributed by atoms with Gasteiger partial charge in [-0.25, -0.2) is 9.97 Å². The van der Waals surface area contributed by atoms with Crippen LogP contribution in [0.15, 0.2) is 126 Å². The van der Waals surface area contributed by atoms with Crippen LogP contribution in [0.2, 0.25) is 10.0 Å². The van der Waals surface area contributed by atoms with Gasteiger partial charge < -0.3 is 39.8 Å². The number of anilines is 2. The number of hydrogen-bond acceptors (Lipinski definition) is 14. The number of hydrogen-bond donors (Lipinski definition) is 3. The number of nitrogens with zero attached hydrogens (tertiary/aromatic N) is 6. The van der Waals surface area contributed by atoms with Crippen LogP contribution in [0.1, 0.15) is 45.3 Å². The van der Waals surface area contributed by atoms with E-state index in [1.54, 1.807) is 36.4 Å². The molecule has 1 aliphatic rings. The van der Waals surface area contributed by atoms with Crippen molar-refractivity contribution >= 4 is 69.2 Å². The third kappa shape index (κ3) is 18.3. The van der Waals surface area contributed by atoms with E-state index in [0.29, 0.717) is 87.7 Å². The number of benzene rings is 5. The number of carbonyl (C=O) groups is 2. The number of piperazine rings is 1. The number of rotatable bonds is 30. The van der Waals surface area contributed by atoms with Crippen molar-refractivity contribution in [1.82, 2.24) is 30.0 Å². The van der Waals surface area contributed by atoms with Crippen molar-refractivity contribution in [3.05, 3.63) is 159 Å². The minimum atomic E-state index is -0.246. The molecule has 1 saturated heterocycles. The fourth-order valence-electron chi connectivity index (χ4n) is 8.38. The van der Waals surface area contributed by atoms with Gasteiger partial charge in [0.2, 0.25) is 5.91 Å². The Morgan fingerprint density at radius 3 is 2.05 bits per heavy atom. The topological polar surface area (TPSA) is 166 Å². The molecule has 1 aliphatic heterocycles. The molecule has 0 aliphatic carbocycles. The van der Waals surface area contributed by atoms with Crippen LogP contribution < -0.4 is 16.0 Å². The number of amides is 2. The molecule has 7 rings (SSSR count). The number of halogens is 2. The number of ether oxygens (including phenoxy) is 4. The summed E-state index contributed by atoms with van der Waals surface area (Å²) in [6.45, 7) is 10.8. The zero-order valence-corrected chi connectivity index (χ0v) is 44.2. The molecule has 0 unspecified atom stereocenters. The largest absolute Gasteiger partial charge is 0.378 e. The van der Waals surface area contributed by atoms with E-state index in [9.17, 15) is 9.59 Å². The molecule has 2 heterocycles. The molecular weight excluding hydrogens is 998 g/mol. The third-order valence-electron chi connectivity index (χ3n) is 12.2. The molecule has 2 amide bonds. The predicted molar refractivity (Wildman–Crippen MR) is 294 cm³/mol. The molecule has 390 valence electrons. The highest BCUT2D eigenvalue weighted by molar-refractivity contribution is 8.00. The summed E-state index contributed by atoms with van der Waals surface area (Å²) < 4.78 is 22.7. The summed E-state index contributed by atoms with van der Waals surface area (Å²) in [6, 6.07) is 40.5. The molecule has 6 aromatic rings. The Bertz CT molecular complexity index is 2680. The minimum absolute atomic E-state index is 0.106. The zero-order chi connectivity index (χ0) is 51.7. The van der Waals surface area contributed by atoms with E-state index < -0.39 is 0 Å². The second-order valence-electron chi connectivity index (χ2n) is 17.6. The van der Waals surface area contributed by atoms with Gasteiger partial charge in [-0.3, -0.25) is 19.4 Å². The van der Waals surface area contributed by atoms with Gasteiger partial charge >= 0.3 is 0 Å². The maximum absolute atomic E-state index is 12.9. The van der Waals surface area contributed by atoms with Gasteiger partial charge in [-0.1, -0.05) is 77.8 Å². The highest BCUT2D eigenvalue weighted by atomic mass is 35.5. The van der Waals surface area contributed by atoms with Crippen molar-refractivity contribution in [3.8, 4) is 6.07 Å². The average molecular weight is 1060 g/mol. The fourth-order valence-corrected chi connectivity index (χ4v) is 9.48. The standard InChI is InChI=1S/C56H65Cl2N9O6S/c1-65(29-31-71-33-35-73-37-36-72-34-32-70-30-23-61-56(69)49-11-3-5-13-51(49)74-41-53(68)62-47-9-6-8-42(38-47)39-59)24-7-22-60-55-48-10-2-4-12-50(48)63-52(64-55)40-66-25-27-67(28-26-66)54(43-14-18-45(57)19-15-43)44-16-20-46(58)21-17-44/h2-6,8-21,38,54H,7,22-37,40-41H2,1H3,(H,61,69)(H,62,68)(H,60,63,64). The highest BCUT2D eigenvalue weighted by Crippen LogP contribution is 2.32. The molecule has 0 radical (unpaired) electrons. The molecule has 0 saturated carbocycles. The molecule has 0 bridgehead atoms. The summed E-state index contributed by atoms with van der Waals surface area (Å²) in [4.78, 5) is 43.3. The Labute approximate surface area is 448 Å². The summed E-state index contributed by atoms with van der Waals surface area (Å²) in [5.74, 6) is 1.32. The summed E-state index contributed by atoms with van der Waals surface area (Å²) in [5.41, 5.74) is 4.85. The molecule has 5 aromatic carbocycles. The van der Waals surface area contributed by atoms with E-state index in [1.165, 1.54) is 22.9 Å². The first-order chi connectivity index (χ1) is 36.2. The minimum Gasteiger partial charge on any atom is -0.378 e. The Morgan fingerprint density at radius 2 is 1.36 bits per heavy atom. The van der Waals surface area contributed by atoms with E-state index >= 15 is 0 Å². The van der Waals surface area contributed by atoms with Crippen LogP contribution in [0.4, 0.5) is 11.5 Å². The van der Waals surface area contributed by atoms with E-state index in [4.69, 9.17) is 57.4 Å². The van der Waals surface area contributed by atoms with Gasteiger partial charge in [0.15, 0.2) is 0 Å². The SMILES string of the molecule is CN(CCCNc1nc(CN2CCN(C(c3ccc(Cl)cc3)c3ccc(Cl)cc3)CC2)nc2ccccc12)CCOCCOCCOCCOCCNC(=O)c1ccccc1SCC(=O)Nc1cccc(C#N)c1. The fraction of sp³-hybridized carbons (Fsp3) is 0.375. The van der Waals surface area contributed by atoms with Crippen molar-refractivity contribution in [2.75, 3.05) is 129 Å². The van der Waals surface area contributed by atoms with Crippen molar-refractivity contribution < 1.29 is 28.5 Å².